The SMILES string of the molecule is CN(C=NN)CC(=O)O.NC(=O)CC[C@H](N)C(=O)O. The van der Waals surface area contributed by atoms with Gasteiger partial charge in [0.25, 0.3) is 0 Å². The first-order valence-electron chi connectivity index (χ1n) is 5.12. The van der Waals surface area contributed by atoms with Gasteiger partial charge in [0.2, 0.25) is 5.91 Å². The van der Waals surface area contributed by atoms with Crippen LogP contribution in [-0.4, -0.2) is 58.9 Å². The van der Waals surface area contributed by atoms with Gasteiger partial charge in [0.1, 0.15) is 18.9 Å². The summed E-state index contributed by atoms with van der Waals surface area (Å²) in [5.41, 5.74) is 9.81. The van der Waals surface area contributed by atoms with E-state index >= 15 is 0 Å². The lowest BCUT2D eigenvalue weighted by Crippen LogP contribution is -2.31. The Bertz CT molecular complexity index is 333. The topological polar surface area (TPSA) is 185 Å². The van der Waals surface area contributed by atoms with E-state index in [4.69, 9.17) is 27.5 Å². The zero-order valence-corrected chi connectivity index (χ0v) is 10.5. The second-order valence-electron chi connectivity index (χ2n) is 3.52. The number of carbonyl (C=O) groups is 3. The zero-order chi connectivity index (χ0) is 15.4. The van der Waals surface area contributed by atoms with E-state index in [2.05, 4.69) is 5.10 Å². The molecule has 0 aromatic heterocycles. The molecular weight excluding hydrogens is 258 g/mol. The Morgan fingerprint density at radius 1 is 1.37 bits per heavy atom. The number of likely N-dealkylation sites (N-methyl/N-ethyl adjacent to an activating group) is 1. The molecule has 8 N–H and O–H groups in total. The first kappa shape index (κ1) is 19.0. The molecule has 0 radical (unpaired) electrons. The maximum Gasteiger partial charge on any atom is 0.323 e. The molecule has 0 bridgehead atoms. The van der Waals surface area contributed by atoms with Crippen molar-refractivity contribution in [2.45, 2.75) is 18.9 Å². The Morgan fingerprint density at radius 3 is 2.21 bits per heavy atom. The van der Waals surface area contributed by atoms with Crippen molar-refractivity contribution < 1.29 is 24.6 Å². The minimum Gasteiger partial charge on any atom is -0.480 e. The fraction of sp³-hybridized carbons (Fsp3) is 0.556. The lowest BCUT2D eigenvalue weighted by atomic mass is 10.2. The average molecular weight is 277 g/mol. The number of hydrazone groups is 1. The number of nitrogens with zero attached hydrogens (tertiary/aromatic N) is 2. The minimum absolute atomic E-state index is 0.0213. The van der Waals surface area contributed by atoms with Crippen molar-refractivity contribution in [2.75, 3.05) is 13.6 Å². The lowest BCUT2D eigenvalue weighted by Gasteiger charge is -2.06. The Hall–Kier alpha value is -2.36. The molecule has 0 aliphatic heterocycles. The Balaban J connectivity index is 0. The van der Waals surface area contributed by atoms with Crippen LogP contribution in [0.4, 0.5) is 0 Å². The van der Waals surface area contributed by atoms with Crippen molar-refractivity contribution in [3.8, 4) is 0 Å². The van der Waals surface area contributed by atoms with Gasteiger partial charge in [-0.2, -0.15) is 5.10 Å². The van der Waals surface area contributed by atoms with E-state index in [1.54, 1.807) is 7.05 Å². The highest BCUT2D eigenvalue weighted by atomic mass is 16.4. The molecule has 0 unspecified atom stereocenters. The first-order valence-corrected chi connectivity index (χ1v) is 5.12. The largest absolute Gasteiger partial charge is 0.480 e. The monoisotopic (exact) mass is 277 g/mol. The van der Waals surface area contributed by atoms with Gasteiger partial charge < -0.3 is 32.4 Å². The molecule has 0 aliphatic carbocycles. The van der Waals surface area contributed by atoms with Crippen molar-refractivity contribution in [3.05, 3.63) is 0 Å². The third-order valence-corrected chi connectivity index (χ3v) is 1.67. The number of hydrogen-bond donors (Lipinski definition) is 5. The average Bonchev–Trinajstić information content (AvgIpc) is 2.25. The molecule has 0 spiro atoms. The molecule has 0 aromatic carbocycles. The van der Waals surface area contributed by atoms with E-state index in [0.717, 1.165) is 0 Å². The molecule has 0 saturated heterocycles. The highest BCUT2D eigenvalue weighted by molar-refractivity contribution is 5.77. The zero-order valence-electron chi connectivity index (χ0n) is 10.5. The fourth-order valence-corrected chi connectivity index (χ4v) is 0.789. The summed E-state index contributed by atoms with van der Waals surface area (Å²) in [7, 11) is 1.57. The summed E-state index contributed by atoms with van der Waals surface area (Å²) in [6.45, 7) is -0.0826. The normalized spacial score (nSPS) is 11.3. The van der Waals surface area contributed by atoms with Crippen LogP contribution in [-0.2, 0) is 14.4 Å². The molecule has 19 heavy (non-hydrogen) atoms. The maximum absolute atomic E-state index is 10.1. The smallest absolute Gasteiger partial charge is 0.323 e. The Kier molecular flexibility index (Phi) is 10.8. The lowest BCUT2D eigenvalue weighted by molar-refractivity contribution is -0.139. The van der Waals surface area contributed by atoms with E-state index in [1.807, 2.05) is 0 Å². The van der Waals surface area contributed by atoms with Gasteiger partial charge in [-0.25, -0.2) is 0 Å². The van der Waals surface area contributed by atoms with Gasteiger partial charge in [-0.1, -0.05) is 0 Å². The van der Waals surface area contributed by atoms with E-state index < -0.39 is 23.9 Å². The third kappa shape index (κ3) is 15.6. The number of aliphatic carboxylic acids is 2. The quantitative estimate of drug-likeness (QED) is 0.147. The van der Waals surface area contributed by atoms with Crippen molar-refractivity contribution >= 4 is 24.2 Å². The number of amides is 1. The van der Waals surface area contributed by atoms with E-state index in [0.29, 0.717) is 0 Å². The standard InChI is InChI=1S/C5H10N2O3.C4H9N3O2/c6-3(5(9)10)1-2-4(7)8;1-7(3-6-5)2-4(8)9/h3H,1-2,6H2,(H2,7,8)(H,9,10);3H,2,5H2,1H3,(H,8,9)/t3-;/m0./s1. The van der Waals surface area contributed by atoms with Crippen LogP contribution in [0.15, 0.2) is 5.10 Å². The molecule has 10 nitrogen and oxygen atoms in total. The summed E-state index contributed by atoms with van der Waals surface area (Å²) in [5.74, 6) is 2.19. The van der Waals surface area contributed by atoms with Crippen LogP contribution in [0.25, 0.3) is 0 Å². The molecule has 0 heterocycles. The molecule has 0 aliphatic rings. The van der Waals surface area contributed by atoms with Crippen LogP contribution in [0.1, 0.15) is 12.8 Å². The molecule has 110 valence electrons. The van der Waals surface area contributed by atoms with Crippen LogP contribution in [0.2, 0.25) is 0 Å². The minimum atomic E-state index is -1.11. The van der Waals surface area contributed by atoms with Gasteiger partial charge in [-0.3, -0.25) is 14.4 Å². The molecule has 1 atom stereocenters. The van der Waals surface area contributed by atoms with Gasteiger partial charge in [0, 0.05) is 13.5 Å². The van der Waals surface area contributed by atoms with Gasteiger partial charge in [0.15, 0.2) is 0 Å². The Labute approximate surface area is 109 Å². The molecule has 1 amide bonds. The molecule has 10 heteroatoms. The van der Waals surface area contributed by atoms with E-state index in [-0.39, 0.29) is 19.4 Å². The summed E-state index contributed by atoms with van der Waals surface area (Å²) in [6.07, 6.45) is 1.37. The number of nitrogens with two attached hydrogens (primary N) is 3. The predicted octanol–water partition coefficient (Wildman–Crippen LogP) is -2.43. The van der Waals surface area contributed by atoms with Crippen molar-refractivity contribution in [2.24, 2.45) is 22.4 Å². The van der Waals surface area contributed by atoms with Crippen LogP contribution in [0, 0.1) is 0 Å². The number of primary amides is 1. The summed E-state index contributed by atoms with van der Waals surface area (Å²) in [4.78, 5) is 31.4. The summed E-state index contributed by atoms with van der Waals surface area (Å²) in [5, 5.41) is 19.5. The molecule has 0 saturated carbocycles. The van der Waals surface area contributed by atoms with E-state index in [9.17, 15) is 14.4 Å². The first-order chi connectivity index (χ1) is 8.70. The van der Waals surface area contributed by atoms with Crippen molar-refractivity contribution in [1.29, 1.82) is 0 Å². The van der Waals surface area contributed by atoms with Gasteiger partial charge in [0.05, 0.1) is 0 Å². The van der Waals surface area contributed by atoms with Crippen LogP contribution < -0.4 is 17.3 Å². The summed E-state index contributed by atoms with van der Waals surface area (Å²) in [6, 6.07) is -0.979. The van der Waals surface area contributed by atoms with E-state index in [1.165, 1.54) is 11.2 Å². The van der Waals surface area contributed by atoms with Gasteiger partial charge in [-0.15, -0.1) is 0 Å². The van der Waals surface area contributed by atoms with Crippen LogP contribution >= 0.6 is 0 Å². The highest BCUT2D eigenvalue weighted by Crippen LogP contribution is 1.92. The number of carbonyl (C=O) groups excluding carboxylic acids is 1. The predicted molar refractivity (Wildman–Crippen MR) is 67.0 cm³/mol. The number of carboxylic acid groups (broad SMARTS) is 2. The highest BCUT2D eigenvalue weighted by Gasteiger charge is 2.11. The Morgan fingerprint density at radius 2 is 1.89 bits per heavy atom. The van der Waals surface area contributed by atoms with Crippen LogP contribution in [0.3, 0.4) is 0 Å². The van der Waals surface area contributed by atoms with Crippen molar-refractivity contribution in [3.63, 3.8) is 0 Å². The maximum atomic E-state index is 10.1. The number of carboxylic acids is 2. The molecular formula is C9H19N5O5. The summed E-state index contributed by atoms with van der Waals surface area (Å²) >= 11 is 0. The fourth-order valence-electron chi connectivity index (χ4n) is 0.789. The number of rotatable bonds is 7. The second kappa shape index (κ2) is 10.8. The third-order valence-electron chi connectivity index (χ3n) is 1.67. The molecule has 0 aromatic rings. The summed E-state index contributed by atoms with van der Waals surface area (Å²) < 4.78 is 0. The van der Waals surface area contributed by atoms with Crippen molar-refractivity contribution in [1.82, 2.24) is 4.90 Å². The number of hydrogen-bond acceptors (Lipinski definition) is 6. The van der Waals surface area contributed by atoms with Gasteiger partial charge >= 0.3 is 11.9 Å². The van der Waals surface area contributed by atoms with Crippen LogP contribution in [0.5, 0.6) is 0 Å². The van der Waals surface area contributed by atoms with Gasteiger partial charge in [-0.05, 0) is 6.42 Å². The molecule has 0 rings (SSSR count). The molecule has 0 fully saturated rings. The second-order valence-corrected chi connectivity index (χ2v) is 3.52.